The zero-order chi connectivity index (χ0) is 18.7. The molecule has 0 aliphatic carbocycles. The molecule has 0 radical (unpaired) electrons. The molecule has 25 heavy (non-hydrogen) atoms. The Morgan fingerprint density at radius 3 is 2.32 bits per heavy atom. The number of thiocarbonyl (C=S) groups is 1. The van der Waals surface area contributed by atoms with Crippen LogP contribution in [0.3, 0.4) is 0 Å². The lowest BCUT2D eigenvalue weighted by Crippen LogP contribution is -2.13. The Bertz CT molecular complexity index is 882. The van der Waals surface area contributed by atoms with Crippen molar-refractivity contribution >= 4 is 51.5 Å². The molecule has 0 atom stereocenters. The van der Waals surface area contributed by atoms with Gasteiger partial charge in [0.25, 0.3) is 0 Å². The molecule has 2 rings (SSSR count). The Balaban J connectivity index is 2.49. The number of rotatable bonds is 5. The first kappa shape index (κ1) is 19.4. The Morgan fingerprint density at radius 2 is 1.80 bits per heavy atom. The van der Waals surface area contributed by atoms with Crippen molar-refractivity contribution in [3.63, 3.8) is 0 Å². The summed E-state index contributed by atoms with van der Waals surface area (Å²) in [4.78, 5) is 1.95. The van der Waals surface area contributed by atoms with Crippen LogP contribution in [0.25, 0.3) is 17.2 Å². The van der Waals surface area contributed by atoms with E-state index in [2.05, 4.69) is 55.9 Å². The van der Waals surface area contributed by atoms with Gasteiger partial charge in [0.15, 0.2) is 0 Å². The lowest BCUT2D eigenvalue weighted by molar-refractivity contribution is 1.41. The molecule has 0 aliphatic rings. The minimum Gasteiger partial charge on any atom is -0.345 e. The Kier molecular flexibility index (Phi) is 6.15. The van der Waals surface area contributed by atoms with E-state index in [9.17, 15) is 0 Å². The van der Waals surface area contributed by atoms with Gasteiger partial charge < -0.3 is 5.32 Å². The predicted octanol–water partition coefficient (Wildman–Crippen LogP) is 7.25. The number of thiophene rings is 1. The molecule has 3 heteroatoms. The van der Waals surface area contributed by atoms with Crippen molar-refractivity contribution in [2.24, 2.45) is 0 Å². The number of hydrogen-bond acceptors (Lipinski definition) is 2. The summed E-state index contributed by atoms with van der Waals surface area (Å²) in [6, 6.07) is 4.23. The minimum absolute atomic E-state index is 0.744. The third-order valence-electron chi connectivity index (χ3n) is 4.16. The molecule has 0 saturated carbocycles. The van der Waals surface area contributed by atoms with Gasteiger partial charge in [-0.3, -0.25) is 0 Å². The molecule has 0 spiro atoms. The number of hydrogen-bond donors (Lipinski definition) is 1. The maximum absolute atomic E-state index is 5.72. The van der Waals surface area contributed by atoms with Crippen molar-refractivity contribution < 1.29 is 0 Å². The molecule has 0 fully saturated rings. The molecular formula is C22H25NS2. The number of benzene rings is 1. The number of allylic oxidation sites excluding steroid dienone is 3. The van der Waals surface area contributed by atoms with Gasteiger partial charge in [-0.15, -0.1) is 11.3 Å². The first-order chi connectivity index (χ1) is 11.8. The van der Waals surface area contributed by atoms with E-state index in [0.29, 0.717) is 0 Å². The Hall–Kier alpha value is -1.97. The van der Waals surface area contributed by atoms with Crippen molar-refractivity contribution in [3.05, 3.63) is 69.4 Å². The fourth-order valence-electron chi connectivity index (χ4n) is 2.85. The zero-order valence-corrected chi connectivity index (χ0v) is 17.3. The van der Waals surface area contributed by atoms with E-state index < -0.39 is 0 Å². The molecule has 1 N–H and O–H groups in total. The summed E-state index contributed by atoms with van der Waals surface area (Å²) in [5.41, 5.74) is 8.86. The molecular weight excluding hydrogens is 342 g/mol. The van der Waals surface area contributed by atoms with Gasteiger partial charge in [-0.2, -0.15) is 0 Å². The van der Waals surface area contributed by atoms with Crippen molar-refractivity contribution in [3.8, 4) is 0 Å². The number of anilines is 1. The summed E-state index contributed by atoms with van der Waals surface area (Å²) < 4.78 is 0. The lowest BCUT2D eigenvalue weighted by Gasteiger charge is -2.17. The van der Waals surface area contributed by atoms with Gasteiger partial charge in [0.05, 0.1) is 0 Å². The molecule has 2 aromatic rings. The van der Waals surface area contributed by atoms with Gasteiger partial charge >= 0.3 is 0 Å². The van der Waals surface area contributed by atoms with Gasteiger partial charge in [0, 0.05) is 27.1 Å². The fourth-order valence-corrected chi connectivity index (χ4v) is 4.26. The van der Waals surface area contributed by atoms with Crippen molar-refractivity contribution in [2.45, 2.75) is 34.6 Å². The standard InChI is InChI=1S/C22H25NS2/c1-8-9-18-17(13(2)3)11-10-15(6)20(18)23-22(24)19-12-25-21(14(4)5)16(19)7/h8-12H,2,4H2,1,3,5-7H3,(H,23,24)/b9-8-. The van der Waals surface area contributed by atoms with Crippen LogP contribution in [-0.2, 0) is 0 Å². The maximum Gasteiger partial charge on any atom is 0.112 e. The van der Waals surface area contributed by atoms with E-state index >= 15 is 0 Å². The summed E-state index contributed by atoms with van der Waals surface area (Å²) in [5.74, 6) is 0. The highest BCUT2D eigenvalue weighted by Crippen LogP contribution is 2.32. The molecule has 0 saturated heterocycles. The smallest absolute Gasteiger partial charge is 0.112 e. The number of aryl methyl sites for hydroxylation is 1. The average molecular weight is 368 g/mol. The summed E-state index contributed by atoms with van der Waals surface area (Å²) in [6.45, 7) is 18.5. The van der Waals surface area contributed by atoms with Crippen molar-refractivity contribution in [2.75, 3.05) is 5.32 Å². The van der Waals surface area contributed by atoms with Crippen LogP contribution in [0, 0.1) is 13.8 Å². The summed E-state index contributed by atoms with van der Waals surface area (Å²) in [7, 11) is 0. The van der Waals surface area contributed by atoms with Crippen LogP contribution in [0.1, 0.15) is 53.5 Å². The van der Waals surface area contributed by atoms with Gasteiger partial charge in [-0.1, -0.05) is 55.2 Å². The highest BCUT2D eigenvalue weighted by Gasteiger charge is 2.15. The average Bonchev–Trinajstić information content (AvgIpc) is 2.92. The Morgan fingerprint density at radius 1 is 1.12 bits per heavy atom. The molecule has 1 aromatic carbocycles. The second-order valence-corrected chi connectivity index (χ2v) is 7.62. The molecule has 0 aliphatic heterocycles. The number of nitrogens with one attached hydrogen (secondary N) is 1. The largest absolute Gasteiger partial charge is 0.345 e. The Labute approximate surface area is 160 Å². The van der Waals surface area contributed by atoms with Gasteiger partial charge in [0.1, 0.15) is 4.99 Å². The van der Waals surface area contributed by atoms with E-state index in [0.717, 1.165) is 44.1 Å². The van der Waals surface area contributed by atoms with E-state index in [-0.39, 0.29) is 0 Å². The highest BCUT2D eigenvalue weighted by molar-refractivity contribution is 7.81. The molecule has 1 aromatic heterocycles. The third-order valence-corrected chi connectivity index (χ3v) is 5.72. The molecule has 1 nitrogen and oxygen atoms in total. The van der Waals surface area contributed by atoms with E-state index in [1.54, 1.807) is 11.3 Å². The van der Waals surface area contributed by atoms with Gasteiger partial charge in [-0.05, 0) is 56.9 Å². The molecule has 1 heterocycles. The molecule has 130 valence electrons. The normalized spacial score (nSPS) is 10.9. The van der Waals surface area contributed by atoms with Crippen LogP contribution >= 0.6 is 23.6 Å². The van der Waals surface area contributed by atoms with Gasteiger partial charge in [0.2, 0.25) is 0 Å². The fraction of sp³-hybridized carbons (Fsp3) is 0.227. The van der Waals surface area contributed by atoms with Gasteiger partial charge in [-0.25, -0.2) is 0 Å². The van der Waals surface area contributed by atoms with Crippen molar-refractivity contribution in [1.29, 1.82) is 0 Å². The zero-order valence-electron chi connectivity index (χ0n) is 15.6. The first-order valence-electron chi connectivity index (χ1n) is 8.25. The SMILES string of the molecule is C=C(C)c1ccc(C)c(NC(=S)c2csc(C(=C)C)c2C)c1/C=C\C. The summed E-state index contributed by atoms with van der Waals surface area (Å²) in [6.07, 6.45) is 4.16. The molecule has 0 amide bonds. The van der Waals surface area contributed by atoms with Crippen LogP contribution in [-0.4, -0.2) is 4.99 Å². The molecule has 0 unspecified atom stereocenters. The minimum atomic E-state index is 0.744. The monoisotopic (exact) mass is 367 g/mol. The van der Waals surface area contributed by atoms with Crippen molar-refractivity contribution in [1.82, 2.24) is 0 Å². The molecule has 0 bridgehead atoms. The van der Waals surface area contributed by atoms with Crippen LogP contribution < -0.4 is 5.32 Å². The summed E-state index contributed by atoms with van der Waals surface area (Å²) in [5, 5.41) is 5.60. The quantitative estimate of drug-likeness (QED) is 0.558. The maximum atomic E-state index is 5.72. The highest BCUT2D eigenvalue weighted by atomic mass is 32.1. The first-order valence-corrected chi connectivity index (χ1v) is 9.54. The lowest BCUT2D eigenvalue weighted by atomic mass is 9.96. The second-order valence-electron chi connectivity index (χ2n) is 6.34. The van der Waals surface area contributed by atoms with E-state index in [1.807, 2.05) is 26.8 Å². The van der Waals surface area contributed by atoms with Crippen LogP contribution in [0.5, 0.6) is 0 Å². The van der Waals surface area contributed by atoms with Crippen LogP contribution in [0.2, 0.25) is 0 Å². The predicted molar refractivity (Wildman–Crippen MR) is 120 cm³/mol. The van der Waals surface area contributed by atoms with Crippen LogP contribution in [0.15, 0.2) is 36.7 Å². The topological polar surface area (TPSA) is 12.0 Å². The second kappa shape index (κ2) is 7.94. The van der Waals surface area contributed by atoms with Crippen LogP contribution in [0.4, 0.5) is 5.69 Å². The van der Waals surface area contributed by atoms with E-state index in [4.69, 9.17) is 12.2 Å². The third kappa shape index (κ3) is 4.00. The van der Waals surface area contributed by atoms with E-state index in [1.165, 1.54) is 10.4 Å². The summed E-state index contributed by atoms with van der Waals surface area (Å²) >= 11 is 7.42.